The quantitative estimate of drug-likeness (QED) is 0.373. The second-order valence-corrected chi connectivity index (χ2v) is 11.6. The number of nitrogens with zero attached hydrogens (tertiary/aromatic N) is 2. The van der Waals surface area contributed by atoms with E-state index >= 15 is 0 Å². The highest BCUT2D eigenvalue weighted by Crippen LogP contribution is 2.30. The zero-order chi connectivity index (χ0) is 27.6. The summed E-state index contributed by atoms with van der Waals surface area (Å²) in [5.74, 6) is 0.237. The number of halogens is 1. The van der Waals surface area contributed by atoms with Crippen LogP contribution < -0.4 is 14.4 Å². The molecule has 1 atom stereocenters. The van der Waals surface area contributed by atoms with Gasteiger partial charge in [-0.3, -0.25) is 13.9 Å². The van der Waals surface area contributed by atoms with Crippen LogP contribution in [0.3, 0.4) is 0 Å². The predicted octanol–water partition coefficient (Wildman–Crippen LogP) is 4.47. The minimum atomic E-state index is -3.63. The first-order valence-corrected chi connectivity index (χ1v) is 14.7. The summed E-state index contributed by atoms with van der Waals surface area (Å²) in [5, 5.41) is 3.43. The van der Waals surface area contributed by atoms with Crippen molar-refractivity contribution < 1.29 is 22.7 Å². The summed E-state index contributed by atoms with van der Waals surface area (Å²) in [7, 11) is -3.63. The molecular weight excluding hydrogens is 514 g/mol. The van der Waals surface area contributed by atoms with Gasteiger partial charge in [0.05, 0.1) is 18.6 Å². The van der Waals surface area contributed by atoms with Crippen LogP contribution in [0.25, 0.3) is 0 Å². The highest BCUT2D eigenvalue weighted by Gasteiger charge is 2.27. The Morgan fingerprint density at radius 1 is 1.08 bits per heavy atom. The van der Waals surface area contributed by atoms with E-state index in [1.165, 1.54) is 9.21 Å². The number of carbonyl (C=O) groups is 2. The Kier molecular flexibility index (Phi) is 11.7. The van der Waals surface area contributed by atoms with Crippen LogP contribution in [0, 0.1) is 5.92 Å². The van der Waals surface area contributed by atoms with Gasteiger partial charge in [-0.25, -0.2) is 8.42 Å². The van der Waals surface area contributed by atoms with Crippen molar-refractivity contribution in [3.8, 4) is 5.75 Å². The van der Waals surface area contributed by atoms with Crippen molar-refractivity contribution >= 4 is 39.1 Å². The summed E-state index contributed by atoms with van der Waals surface area (Å²) >= 11 is 6.13. The molecule has 0 aliphatic carbocycles. The number of benzene rings is 2. The molecule has 0 saturated heterocycles. The third kappa shape index (κ3) is 9.55. The Labute approximate surface area is 226 Å². The molecule has 0 aromatic heterocycles. The van der Waals surface area contributed by atoms with Crippen LogP contribution in [0.1, 0.15) is 46.1 Å². The number of hydrogen-bond acceptors (Lipinski definition) is 5. The van der Waals surface area contributed by atoms with Crippen molar-refractivity contribution in [1.82, 2.24) is 10.2 Å². The third-order valence-electron chi connectivity index (χ3n) is 5.68. The Morgan fingerprint density at radius 2 is 1.78 bits per heavy atom. The molecule has 0 unspecified atom stereocenters. The van der Waals surface area contributed by atoms with Crippen LogP contribution in [0.4, 0.5) is 5.69 Å². The molecule has 204 valence electrons. The monoisotopic (exact) mass is 551 g/mol. The normalized spacial score (nSPS) is 12.2. The van der Waals surface area contributed by atoms with Crippen LogP contribution in [0.2, 0.25) is 5.02 Å². The highest BCUT2D eigenvalue weighted by molar-refractivity contribution is 7.92. The second kappa shape index (κ2) is 14.2. The van der Waals surface area contributed by atoms with Gasteiger partial charge in [-0.15, -0.1) is 0 Å². The molecule has 0 aliphatic rings. The number of amides is 2. The van der Waals surface area contributed by atoms with E-state index in [-0.39, 0.29) is 43.7 Å². The Balaban J connectivity index is 2.20. The van der Waals surface area contributed by atoms with Crippen LogP contribution >= 0.6 is 11.6 Å². The fraction of sp³-hybridized carbons (Fsp3) is 0.481. The van der Waals surface area contributed by atoms with Crippen LogP contribution in [0.5, 0.6) is 5.75 Å². The Bertz CT molecular complexity index is 1160. The predicted molar refractivity (Wildman–Crippen MR) is 148 cm³/mol. The van der Waals surface area contributed by atoms with Gasteiger partial charge in [0, 0.05) is 31.1 Å². The van der Waals surface area contributed by atoms with Crippen LogP contribution in [-0.2, 0) is 26.2 Å². The average Bonchev–Trinajstić information content (AvgIpc) is 2.83. The molecule has 2 aromatic carbocycles. The van der Waals surface area contributed by atoms with Crippen molar-refractivity contribution in [3.63, 3.8) is 0 Å². The smallest absolute Gasteiger partial charge is 0.242 e. The molecule has 37 heavy (non-hydrogen) atoms. The van der Waals surface area contributed by atoms with Crippen molar-refractivity contribution in [1.29, 1.82) is 0 Å². The summed E-state index contributed by atoms with van der Waals surface area (Å²) in [6, 6.07) is 13.3. The first kappa shape index (κ1) is 30.4. The lowest BCUT2D eigenvalue weighted by Gasteiger charge is -2.30. The molecule has 2 rings (SSSR count). The van der Waals surface area contributed by atoms with Gasteiger partial charge in [0.25, 0.3) is 0 Å². The lowest BCUT2D eigenvalue weighted by atomic mass is 10.1. The van der Waals surface area contributed by atoms with E-state index < -0.39 is 16.1 Å². The van der Waals surface area contributed by atoms with E-state index in [1.807, 2.05) is 26.8 Å². The third-order valence-corrected chi connectivity index (χ3v) is 7.09. The SMILES string of the molecule is CCOc1ccccc1N(CCCC(=O)N(Cc1cccc(Cl)c1)[C@H](C)C(=O)NCC(C)C)S(C)(=O)=O. The maximum Gasteiger partial charge on any atom is 0.242 e. The molecule has 0 saturated carbocycles. The van der Waals surface area contributed by atoms with E-state index in [2.05, 4.69) is 5.32 Å². The van der Waals surface area contributed by atoms with Gasteiger partial charge in [0.2, 0.25) is 21.8 Å². The lowest BCUT2D eigenvalue weighted by Crippen LogP contribution is -2.48. The molecule has 2 aromatic rings. The van der Waals surface area contributed by atoms with E-state index in [9.17, 15) is 18.0 Å². The number of para-hydroxylation sites is 2. The molecule has 0 fully saturated rings. The number of hydrogen-bond donors (Lipinski definition) is 1. The molecule has 0 spiro atoms. The number of sulfonamides is 1. The largest absolute Gasteiger partial charge is 0.492 e. The summed E-state index contributed by atoms with van der Waals surface area (Å²) in [4.78, 5) is 27.7. The number of rotatable bonds is 14. The van der Waals surface area contributed by atoms with Gasteiger partial charge < -0.3 is 15.0 Å². The number of ether oxygens (including phenoxy) is 1. The fourth-order valence-electron chi connectivity index (χ4n) is 3.79. The molecular formula is C27H38ClN3O5S. The van der Waals surface area contributed by atoms with Crippen LogP contribution in [-0.4, -0.2) is 57.1 Å². The standard InChI is InChI=1S/C27H38ClN3O5S/c1-6-36-25-14-8-7-13-24(25)31(37(5,34)35)16-10-15-26(32)30(19-22-11-9-12-23(28)17-22)21(4)27(33)29-18-20(2)3/h7-9,11-14,17,20-21H,6,10,15-16,18-19H2,1-5H3,(H,29,33)/t21-/m1/s1. The van der Waals surface area contributed by atoms with Gasteiger partial charge in [-0.2, -0.15) is 0 Å². The van der Waals surface area contributed by atoms with Crippen molar-refractivity contribution in [2.24, 2.45) is 5.92 Å². The first-order valence-electron chi connectivity index (χ1n) is 12.4. The van der Waals surface area contributed by atoms with Crippen molar-refractivity contribution in [2.75, 3.05) is 30.3 Å². The second-order valence-electron chi connectivity index (χ2n) is 9.31. The molecule has 2 amide bonds. The van der Waals surface area contributed by atoms with Gasteiger partial charge in [-0.05, 0) is 56.0 Å². The Hall–Kier alpha value is -2.78. The van der Waals surface area contributed by atoms with Gasteiger partial charge >= 0.3 is 0 Å². The lowest BCUT2D eigenvalue weighted by molar-refractivity contribution is -0.140. The first-order chi connectivity index (χ1) is 17.4. The summed E-state index contributed by atoms with van der Waals surface area (Å²) in [6.45, 7) is 8.71. The molecule has 10 heteroatoms. The summed E-state index contributed by atoms with van der Waals surface area (Å²) in [5.41, 5.74) is 1.23. The topological polar surface area (TPSA) is 96.0 Å². The maximum atomic E-state index is 13.4. The van der Waals surface area contributed by atoms with E-state index in [0.717, 1.165) is 11.8 Å². The molecule has 0 heterocycles. The van der Waals surface area contributed by atoms with Gasteiger partial charge in [0.1, 0.15) is 11.8 Å². The molecule has 0 radical (unpaired) electrons. The van der Waals surface area contributed by atoms with Crippen molar-refractivity contribution in [3.05, 3.63) is 59.1 Å². The average molecular weight is 552 g/mol. The zero-order valence-corrected chi connectivity index (χ0v) is 23.8. The minimum Gasteiger partial charge on any atom is -0.492 e. The fourth-order valence-corrected chi connectivity index (χ4v) is 4.97. The van der Waals surface area contributed by atoms with Gasteiger partial charge in [0.15, 0.2) is 0 Å². The number of nitrogens with one attached hydrogen (secondary N) is 1. The summed E-state index contributed by atoms with van der Waals surface area (Å²) in [6.07, 6.45) is 1.45. The van der Waals surface area contributed by atoms with E-state index in [4.69, 9.17) is 16.3 Å². The maximum absolute atomic E-state index is 13.4. The number of anilines is 1. The van der Waals surface area contributed by atoms with E-state index in [1.54, 1.807) is 49.4 Å². The zero-order valence-electron chi connectivity index (χ0n) is 22.2. The van der Waals surface area contributed by atoms with E-state index in [0.29, 0.717) is 29.6 Å². The minimum absolute atomic E-state index is 0.0607. The number of carbonyl (C=O) groups excluding carboxylic acids is 2. The van der Waals surface area contributed by atoms with Gasteiger partial charge in [-0.1, -0.05) is 49.7 Å². The van der Waals surface area contributed by atoms with Crippen molar-refractivity contribution in [2.45, 2.75) is 53.1 Å². The summed E-state index contributed by atoms with van der Waals surface area (Å²) < 4.78 is 32.1. The molecule has 1 N–H and O–H groups in total. The highest BCUT2D eigenvalue weighted by atomic mass is 35.5. The molecule has 8 nitrogen and oxygen atoms in total. The Morgan fingerprint density at radius 3 is 2.41 bits per heavy atom. The van der Waals surface area contributed by atoms with Crippen LogP contribution in [0.15, 0.2) is 48.5 Å². The molecule has 0 aliphatic heterocycles. The molecule has 0 bridgehead atoms.